The summed E-state index contributed by atoms with van der Waals surface area (Å²) in [5.74, 6) is 0. The highest BCUT2D eigenvalue weighted by molar-refractivity contribution is 6.04. The summed E-state index contributed by atoms with van der Waals surface area (Å²) in [5, 5.41) is 7.32. The monoisotopic (exact) mass is 93.0 g/mol. The Morgan fingerprint density at radius 1 is 1.80 bits per heavy atom. The maximum Gasteiger partial charge on any atom is 0.0587 e. The molecule has 0 aliphatic rings. The smallest absolute Gasteiger partial charge is 0.0587 e. The predicted octanol–water partition coefficient (Wildman–Crippen LogP) is 0.662. The van der Waals surface area contributed by atoms with E-state index >= 15 is 0 Å². The number of nitrogens with zero attached hydrogens (tertiary/aromatic N) is 1. The van der Waals surface area contributed by atoms with Crippen LogP contribution in [-0.2, 0) is 0 Å². The number of hydrogen-bond acceptors (Lipinski definition) is 2. The molecule has 0 bridgehead atoms. The van der Waals surface area contributed by atoms with Crippen LogP contribution in [0.3, 0.4) is 0 Å². The summed E-state index contributed by atoms with van der Waals surface area (Å²) in [6.07, 6.45) is 0. The Morgan fingerprint density at radius 2 is 1.80 bits per heavy atom. The number of halogens is 1. The highest BCUT2D eigenvalue weighted by Crippen LogP contribution is 1.31. The molecule has 0 radical (unpaired) electrons. The normalized spacial score (nSPS) is 2.80. The number of rotatable bonds is 0. The van der Waals surface area contributed by atoms with Crippen molar-refractivity contribution in [1.82, 2.24) is 0 Å². The lowest BCUT2D eigenvalue weighted by atomic mass is 11.0. The molecule has 1 N–H and O–H groups in total. The second-order valence-corrected chi connectivity index (χ2v) is 0.224. The summed E-state index contributed by atoms with van der Waals surface area (Å²) in [6.45, 7) is 1.43. The van der Waals surface area contributed by atoms with Gasteiger partial charge in [0.1, 0.15) is 0 Å². The Morgan fingerprint density at radius 3 is 1.80 bits per heavy atom. The van der Waals surface area contributed by atoms with Gasteiger partial charge < -0.3 is 0 Å². The van der Waals surface area contributed by atoms with Gasteiger partial charge in [-0.3, -0.25) is 4.66 Å². The van der Waals surface area contributed by atoms with E-state index in [1.165, 1.54) is 6.92 Å². The number of hydrogen-bond donors (Lipinski definition) is 1. The van der Waals surface area contributed by atoms with Crippen molar-refractivity contribution in [1.29, 1.82) is 5.26 Å². The maximum absolute atomic E-state index is 7.32. The van der Waals surface area contributed by atoms with Gasteiger partial charge in [0.25, 0.3) is 0 Å². The van der Waals surface area contributed by atoms with Gasteiger partial charge in [-0.2, -0.15) is 5.26 Å². The molecule has 30 valence electrons. The molecule has 0 amide bonds. The molecule has 2 nitrogen and oxygen atoms in total. The van der Waals surface area contributed by atoms with E-state index in [0.29, 0.717) is 0 Å². The van der Waals surface area contributed by atoms with E-state index in [1.807, 2.05) is 0 Å². The van der Waals surface area contributed by atoms with Crippen LogP contribution in [0, 0.1) is 11.3 Å². The van der Waals surface area contributed by atoms with Crippen LogP contribution in [0.4, 0.5) is 0 Å². The van der Waals surface area contributed by atoms with E-state index < -0.39 is 0 Å². The Bertz CT molecular complexity index is 31.1. The molecule has 5 heavy (non-hydrogen) atoms. The van der Waals surface area contributed by atoms with Crippen LogP contribution in [0.2, 0.25) is 0 Å². The summed E-state index contributed by atoms with van der Waals surface area (Å²) < 4.78 is 6.47. The lowest BCUT2D eigenvalue weighted by molar-refractivity contribution is 0.632. The second kappa shape index (κ2) is 51.3. The molecular weight excluding hydrogens is 89.5 g/mol. The third-order valence-corrected chi connectivity index (χ3v) is 0. The van der Waals surface area contributed by atoms with Crippen LogP contribution in [-0.4, -0.2) is 4.66 Å². The zero-order valence-corrected chi connectivity index (χ0v) is 3.53. The van der Waals surface area contributed by atoms with Gasteiger partial charge in [0.15, 0.2) is 0 Å². The highest BCUT2D eigenvalue weighted by Gasteiger charge is 1.17. The average Bonchev–Trinajstić information content (AvgIpc) is 1.46. The van der Waals surface area contributed by atoms with E-state index in [0.717, 1.165) is 0 Å². The van der Waals surface area contributed by atoms with Crippen LogP contribution < -0.4 is 0 Å². The van der Waals surface area contributed by atoms with Crippen molar-refractivity contribution in [3.05, 3.63) is 0 Å². The van der Waals surface area contributed by atoms with E-state index in [2.05, 4.69) is 11.9 Å². The van der Waals surface area contributed by atoms with Crippen LogP contribution in [0.1, 0.15) is 6.92 Å². The lowest BCUT2D eigenvalue weighted by Gasteiger charge is -1.15. The van der Waals surface area contributed by atoms with Gasteiger partial charge in [0.2, 0.25) is 0 Å². The SMILES string of the molecule is CC#N.OCl. The molecule has 0 aliphatic heterocycles. The van der Waals surface area contributed by atoms with Gasteiger partial charge in [-0.15, -0.1) is 0 Å². The van der Waals surface area contributed by atoms with Crippen molar-refractivity contribution in [2.45, 2.75) is 6.92 Å². The predicted molar refractivity (Wildman–Crippen MR) is 19.4 cm³/mol. The third kappa shape index (κ3) is 168. The molecule has 0 heterocycles. The minimum atomic E-state index is 1.43. The minimum absolute atomic E-state index is 1.43. The van der Waals surface area contributed by atoms with Crippen molar-refractivity contribution in [2.75, 3.05) is 0 Å². The van der Waals surface area contributed by atoms with E-state index in [4.69, 9.17) is 9.92 Å². The van der Waals surface area contributed by atoms with Crippen molar-refractivity contribution >= 4 is 11.9 Å². The molecule has 0 saturated carbocycles. The molecule has 0 fully saturated rings. The Balaban J connectivity index is 0. The lowest BCUT2D eigenvalue weighted by Crippen LogP contribution is -1.10. The molecule has 0 aromatic heterocycles. The van der Waals surface area contributed by atoms with Crippen LogP contribution in [0.25, 0.3) is 0 Å². The largest absolute Gasteiger partial charge is 0.295 e. The summed E-state index contributed by atoms with van der Waals surface area (Å²) in [4.78, 5) is 0. The topological polar surface area (TPSA) is 44.0 Å². The van der Waals surface area contributed by atoms with Crippen molar-refractivity contribution < 1.29 is 4.66 Å². The van der Waals surface area contributed by atoms with E-state index in [9.17, 15) is 0 Å². The molecule has 0 aliphatic carbocycles. The van der Waals surface area contributed by atoms with Crippen LogP contribution in [0.5, 0.6) is 0 Å². The molecule has 0 saturated heterocycles. The van der Waals surface area contributed by atoms with Gasteiger partial charge in [-0.05, 0) is 0 Å². The zero-order chi connectivity index (χ0) is 4.71. The molecular formula is C2H4ClNO. The first-order valence-corrected chi connectivity index (χ1v) is 1.23. The fourth-order valence-electron chi connectivity index (χ4n) is 0. The average molecular weight is 93.5 g/mol. The van der Waals surface area contributed by atoms with Gasteiger partial charge in [-0.1, -0.05) is 0 Å². The molecule has 0 atom stereocenters. The molecule has 0 aromatic rings. The first-order chi connectivity index (χ1) is 2.41. The van der Waals surface area contributed by atoms with Gasteiger partial charge >= 0.3 is 0 Å². The van der Waals surface area contributed by atoms with Crippen LogP contribution >= 0.6 is 11.9 Å². The fourth-order valence-corrected chi connectivity index (χ4v) is 0. The zero-order valence-electron chi connectivity index (χ0n) is 2.77. The highest BCUT2D eigenvalue weighted by atomic mass is 35.5. The maximum atomic E-state index is 7.32. The van der Waals surface area contributed by atoms with Crippen molar-refractivity contribution in [3.63, 3.8) is 0 Å². The Hall–Kier alpha value is -0.260. The Labute approximate surface area is 35.8 Å². The quantitative estimate of drug-likeness (QED) is 0.478. The number of nitriles is 1. The third-order valence-electron chi connectivity index (χ3n) is 0. The van der Waals surface area contributed by atoms with Gasteiger partial charge in [-0.25, -0.2) is 0 Å². The Kier molecular flexibility index (Phi) is 90.6. The molecule has 0 aromatic carbocycles. The molecule has 0 rings (SSSR count). The summed E-state index contributed by atoms with van der Waals surface area (Å²) in [5.41, 5.74) is 0. The standard InChI is InChI=1S/C2H3N.ClHO/c1-2-3;1-2/h1H3;2H. The van der Waals surface area contributed by atoms with E-state index in [-0.39, 0.29) is 0 Å². The van der Waals surface area contributed by atoms with Crippen molar-refractivity contribution in [2.24, 2.45) is 0 Å². The molecule has 3 heteroatoms. The molecule has 0 unspecified atom stereocenters. The second-order valence-electron chi connectivity index (χ2n) is 0.224. The van der Waals surface area contributed by atoms with Gasteiger partial charge in [0.05, 0.1) is 17.9 Å². The fraction of sp³-hybridized carbons (Fsp3) is 0.500. The van der Waals surface area contributed by atoms with Crippen LogP contribution in [0.15, 0.2) is 0 Å². The van der Waals surface area contributed by atoms with Crippen molar-refractivity contribution in [3.8, 4) is 6.07 Å². The van der Waals surface area contributed by atoms with Gasteiger partial charge in [0, 0.05) is 6.92 Å². The first kappa shape index (κ1) is 8.83. The first-order valence-electron chi connectivity index (χ1n) is 0.893. The van der Waals surface area contributed by atoms with E-state index in [1.54, 1.807) is 6.07 Å². The summed E-state index contributed by atoms with van der Waals surface area (Å²) in [6, 6.07) is 1.75. The minimum Gasteiger partial charge on any atom is -0.295 e. The summed E-state index contributed by atoms with van der Waals surface area (Å²) >= 11 is 3.64. The summed E-state index contributed by atoms with van der Waals surface area (Å²) in [7, 11) is 0. The molecule has 0 spiro atoms.